The van der Waals surface area contributed by atoms with Crippen molar-refractivity contribution in [3.63, 3.8) is 0 Å². The van der Waals surface area contributed by atoms with Gasteiger partial charge in [-0.25, -0.2) is 5.01 Å². The lowest BCUT2D eigenvalue weighted by Crippen LogP contribution is -2.52. The average Bonchev–Trinajstić information content (AvgIpc) is 3.67. The van der Waals surface area contributed by atoms with Crippen LogP contribution in [-0.2, 0) is 9.59 Å². The Morgan fingerprint density at radius 3 is 2.22 bits per heavy atom. The van der Waals surface area contributed by atoms with Crippen molar-refractivity contribution in [1.29, 1.82) is 0 Å². The summed E-state index contributed by atoms with van der Waals surface area (Å²) in [5.41, 5.74) is 0.406. The highest BCUT2D eigenvalue weighted by molar-refractivity contribution is 6.42. The fourth-order valence-electron chi connectivity index (χ4n) is 6.21. The maximum atomic E-state index is 13.7. The standard InChI is InChI=1S/C27H22Cl2N2O5/c1-36-15-4-2-3-13(9-15)22(32)12-30(25(33)14-5-8-20(28)21(29)10-14)31-26(34)23-16-6-7-17(19-11-18(16)19)24(23)27(31)35/h2-10,16-19,23-24H,11-12H2,1H3/t16-,17-,18-,19-,23-,24+/m1/s1. The minimum absolute atomic E-state index is 0.0116. The first-order chi connectivity index (χ1) is 17.3. The third-order valence-corrected chi connectivity index (χ3v) is 8.71. The summed E-state index contributed by atoms with van der Waals surface area (Å²) in [6, 6.07) is 10.8. The highest BCUT2D eigenvalue weighted by Gasteiger charge is 2.68. The van der Waals surface area contributed by atoms with Crippen molar-refractivity contribution in [2.75, 3.05) is 13.7 Å². The molecule has 4 aliphatic carbocycles. The van der Waals surface area contributed by atoms with E-state index in [0.717, 1.165) is 16.4 Å². The van der Waals surface area contributed by atoms with E-state index in [9.17, 15) is 19.2 Å². The molecule has 2 aromatic carbocycles. The number of methoxy groups -OCH3 is 1. The Hall–Kier alpha value is -3.16. The van der Waals surface area contributed by atoms with Gasteiger partial charge in [0.1, 0.15) is 12.3 Å². The second-order valence-corrected chi connectivity index (χ2v) is 10.6. The summed E-state index contributed by atoms with van der Waals surface area (Å²) in [5.74, 6) is -1.72. The van der Waals surface area contributed by atoms with Crippen LogP contribution in [-0.4, -0.2) is 47.2 Å². The SMILES string of the molecule is COc1cccc(C(=O)CN(C(=O)c2ccc(Cl)c(Cl)c2)N2C(=O)[C@@H]3[C@@H]4C=C[C@H]([C@H]5C[C@H]45)[C@@H]3C2=O)c1. The van der Waals surface area contributed by atoms with Gasteiger partial charge in [0, 0.05) is 11.1 Å². The minimum atomic E-state index is -0.685. The summed E-state index contributed by atoms with van der Waals surface area (Å²) >= 11 is 12.2. The second kappa shape index (κ2) is 8.46. The molecule has 0 radical (unpaired) electrons. The van der Waals surface area contributed by atoms with Gasteiger partial charge in [-0.05, 0) is 60.4 Å². The molecule has 3 amide bonds. The predicted molar refractivity (Wildman–Crippen MR) is 131 cm³/mol. The van der Waals surface area contributed by atoms with Gasteiger partial charge in [-0.3, -0.25) is 19.2 Å². The van der Waals surface area contributed by atoms with Gasteiger partial charge in [-0.2, -0.15) is 5.01 Å². The average molecular weight is 525 g/mol. The first-order valence-electron chi connectivity index (χ1n) is 11.8. The maximum Gasteiger partial charge on any atom is 0.273 e. The zero-order valence-corrected chi connectivity index (χ0v) is 20.8. The third kappa shape index (κ3) is 3.48. The number of rotatable bonds is 6. The summed E-state index contributed by atoms with van der Waals surface area (Å²) in [6.07, 6.45) is 5.14. The van der Waals surface area contributed by atoms with Crippen molar-refractivity contribution in [1.82, 2.24) is 10.0 Å². The predicted octanol–water partition coefficient (Wildman–Crippen LogP) is 4.30. The lowest BCUT2D eigenvalue weighted by molar-refractivity contribution is -0.154. The van der Waals surface area contributed by atoms with Crippen molar-refractivity contribution < 1.29 is 23.9 Å². The van der Waals surface area contributed by atoms with Gasteiger partial charge in [0.15, 0.2) is 5.78 Å². The fourth-order valence-corrected chi connectivity index (χ4v) is 6.51. The van der Waals surface area contributed by atoms with Crippen LogP contribution < -0.4 is 4.74 Å². The van der Waals surface area contributed by atoms with E-state index in [1.54, 1.807) is 24.3 Å². The Morgan fingerprint density at radius 1 is 0.944 bits per heavy atom. The Bertz CT molecular complexity index is 1320. The molecule has 9 heteroatoms. The van der Waals surface area contributed by atoms with Crippen LogP contribution in [0.3, 0.4) is 0 Å². The van der Waals surface area contributed by atoms with Crippen LogP contribution in [0.5, 0.6) is 5.75 Å². The molecule has 5 aliphatic rings. The van der Waals surface area contributed by atoms with Crippen molar-refractivity contribution in [2.24, 2.45) is 35.5 Å². The Balaban J connectivity index is 1.37. The maximum absolute atomic E-state index is 13.7. The number of carbonyl (C=O) groups excluding carboxylic acids is 4. The van der Waals surface area contributed by atoms with Gasteiger partial charge in [0.2, 0.25) is 0 Å². The molecule has 1 aliphatic heterocycles. The second-order valence-electron chi connectivity index (χ2n) is 9.79. The largest absolute Gasteiger partial charge is 0.497 e. The number of halogens is 2. The molecule has 7 nitrogen and oxygen atoms in total. The molecule has 2 aromatic rings. The Kier molecular flexibility index (Phi) is 5.46. The number of nitrogens with zero attached hydrogens (tertiary/aromatic N) is 2. The number of carbonyl (C=O) groups is 4. The van der Waals surface area contributed by atoms with E-state index in [4.69, 9.17) is 27.9 Å². The van der Waals surface area contributed by atoms with E-state index < -0.39 is 41.9 Å². The number of hydrogen-bond acceptors (Lipinski definition) is 5. The van der Waals surface area contributed by atoms with Gasteiger partial charge in [0.05, 0.1) is 29.0 Å². The number of hydrogen-bond donors (Lipinski definition) is 0. The van der Waals surface area contributed by atoms with Crippen LogP contribution in [0.25, 0.3) is 0 Å². The van der Waals surface area contributed by atoms with Crippen LogP contribution in [0.4, 0.5) is 0 Å². The molecule has 36 heavy (non-hydrogen) atoms. The van der Waals surface area contributed by atoms with Crippen LogP contribution >= 0.6 is 23.2 Å². The molecule has 3 fully saturated rings. The lowest BCUT2D eigenvalue weighted by Gasteiger charge is -2.37. The number of ether oxygens (including phenoxy) is 1. The molecule has 7 rings (SSSR count). The van der Waals surface area contributed by atoms with E-state index in [1.165, 1.54) is 25.3 Å². The molecular formula is C27H22Cl2N2O5. The van der Waals surface area contributed by atoms with Crippen LogP contribution in [0.15, 0.2) is 54.6 Å². The summed E-state index contributed by atoms with van der Waals surface area (Å²) in [4.78, 5) is 54.5. The molecule has 6 atom stereocenters. The number of benzene rings is 2. The number of amides is 3. The number of ketones is 1. The molecular weight excluding hydrogens is 503 g/mol. The quantitative estimate of drug-likeness (QED) is 0.319. The Labute approximate surface area is 217 Å². The van der Waals surface area contributed by atoms with Crippen molar-refractivity contribution in [3.05, 3.63) is 75.8 Å². The van der Waals surface area contributed by atoms with Crippen LogP contribution in [0, 0.1) is 35.5 Å². The summed E-state index contributed by atoms with van der Waals surface area (Å²) in [7, 11) is 1.49. The summed E-state index contributed by atoms with van der Waals surface area (Å²) in [6.45, 7) is -0.501. The summed E-state index contributed by atoms with van der Waals surface area (Å²) < 4.78 is 5.21. The van der Waals surface area contributed by atoms with E-state index in [0.29, 0.717) is 23.1 Å². The topological polar surface area (TPSA) is 84.0 Å². The van der Waals surface area contributed by atoms with Crippen molar-refractivity contribution >= 4 is 46.7 Å². The molecule has 0 spiro atoms. The monoisotopic (exact) mass is 524 g/mol. The molecule has 1 saturated heterocycles. The number of hydrazine groups is 1. The van der Waals surface area contributed by atoms with E-state index in [1.807, 2.05) is 0 Å². The third-order valence-electron chi connectivity index (χ3n) is 7.97. The zero-order valence-electron chi connectivity index (χ0n) is 19.3. The number of imide groups is 1. The molecule has 0 unspecified atom stereocenters. The Morgan fingerprint density at radius 2 is 1.61 bits per heavy atom. The lowest BCUT2D eigenvalue weighted by atomic mass is 9.63. The highest BCUT2D eigenvalue weighted by atomic mass is 35.5. The fraction of sp³-hybridized carbons (Fsp3) is 0.333. The van der Waals surface area contributed by atoms with Crippen LogP contribution in [0.2, 0.25) is 10.0 Å². The molecule has 0 aromatic heterocycles. The van der Waals surface area contributed by atoms with Crippen molar-refractivity contribution in [3.8, 4) is 5.75 Å². The van der Waals surface area contributed by atoms with E-state index in [-0.39, 0.29) is 27.4 Å². The van der Waals surface area contributed by atoms with E-state index in [2.05, 4.69) is 12.2 Å². The smallest absolute Gasteiger partial charge is 0.273 e. The molecule has 2 saturated carbocycles. The normalized spacial score (nSPS) is 29.1. The van der Waals surface area contributed by atoms with Crippen LogP contribution in [0.1, 0.15) is 27.1 Å². The van der Waals surface area contributed by atoms with E-state index >= 15 is 0 Å². The van der Waals surface area contributed by atoms with Crippen molar-refractivity contribution in [2.45, 2.75) is 6.42 Å². The van der Waals surface area contributed by atoms with Gasteiger partial charge in [-0.15, -0.1) is 0 Å². The molecule has 184 valence electrons. The van der Waals surface area contributed by atoms with Gasteiger partial charge < -0.3 is 4.74 Å². The zero-order chi connectivity index (χ0) is 25.3. The van der Waals surface area contributed by atoms with Gasteiger partial charge in [-0.1, -0.05) is 47.5 Å². The van der Waals surface area contributed by atoms with Gasteiger partial charge in [0.25, 0.3) is 17.7 Å². The molecule has 1 heterocycles. The first kappa shape index (κ1) is 23.3. The number of Topliss-reactive ketones (excluding diaryl/α,β-unsaturated/α-hetero) is 1. The molecule has 0 N–H and O–H groups in total. The first-order valence-corrected chi connectivity index (χ1v) is 12.6. The number of allylic oxidation sites excluding steroid dienone is 2. The summed E-state index contributed by atoms with van der Waals surface area (Å²) in [5, 5.41) is 2.29. The highest BCUT2D eigenvalue weighted by Crippen LogP contribution is 2.65. The van der Waals surface area contributed by atoms with Gasteiger partial charge >= 0.3 is 0 Å². The minimum Gasteiger partial charge on any atom is -0.497 e. The molecule has 2 bridgehead atoms.